The largest absolute Gasteiger partial charge is 0.478 e. The summed E-state index contributed by atoms with van der Waals surface area (Å²) in [5.41, 5.74) is -1.81. The van der Waals surface area contributed by atoms with E-state index in [4.69, 9.17) is 10.5 Å². The van der Waals surface area contributed by atoms with Crippen molar-refractivity contribution in [3.8, 4) is 0 Å². The van der Waals surface area contributed by atoms with Gasteiger partial charge in [-0.3, -0.25) is 4.57 Å². The van der Waals surface area contributed by atoms with Crippen LogP contribution in [0.3, 0.4) is 0 Å². The fourth-order valence-electron chi connectivity index (χ4n) is 4.30. The molecule has 13 heteroatoms. The lowest BCUT2D eigenvalue weighted by molar-refractivity contribution is -0.196. The molecule has 0 amide bonds. The number of carbonyl (C=O) groups is 2. The van der Waals surface area contributed by atoms with E-state index < -0.39 is 64.3 Å². The maximum atomic E-state index is 16.1. The predicted molar refractivity (Wildman–Crippen MR) is 117 cm³/mol. The second kappa shape index (κ2) is 8.78. The zero-order valence-corrected chi connectivity index (χ0v) is 18.2. The van der Waals surface area contributed by atoms with Gasteiger partial charge in [0.15, 0.2) is 5.60 Å². The Hall–Kier alpha value is -4.20. The molecule has 1 aliphatic rings. The van der Waals surface area contributed by atoms with Crippen molar-refractivity contribution in [2.24, 2.45) is 0 Å². The monoisotopic (exact) mass is 503 g/mol. The molecular weight excluding hydrogens is 484 g/mol. The first-order chi connectivity index (χ1) is 16.9. The molecule has 0 aliphatic carbocycles. The molecule has 4 rings (SSSR count). The van der Waals surface area contributed by atoms with Crippen molar-refractivity contribution < 1.29 is 43.5 Å². The normalized spacial score (nSPS) is 23.8. The first-order valence-corrected chi connectivity index (χ1v) is 10.3. The zero-order chi connectivity index (χ0) is 26.4. The third kappa shape index (κ3) is 3.69. The minimum Gasteiger partial charge on any atom is -0.478 e. The van der Waals surface area contributed by atoms with Gasteiger partial charge in [0.1, 0.15) is 18.0 Å². The summed E-state index contributed by atoms with van der Waals surface area (Å²) >= 11 is 0. The second-order valence-electron chi connectivity index (χ2n) is 8.03. The lowest BCUT2D eigenvalue weighted by atomic mass is 9.77. The number of nitrogens with two attached hydrogens (primary N) is 1. The molecule has 11 nitrogen and oxygen atoms in total. The van der Waals surface area contributed by atoms with Crippen LogP contribution in [0.2, 0.25) is 0 Å². The van der Waals surface area contributed by atoms with E-state index in [1.165, 1.54) is 24.3 Å². The number of benzene rings is 2. The third-order valence-electron chi connectivity index (χ3n) is 5.97. The maximum Gasteiger partial charge on any atom is 0.351 e. The second-order valence-corrected chi connectivity index (χ2v) is 8.03. The minimum absolute atomic E-state index is 0.281. The minimum atomic E-state index is -4.45. The number of aromatic carboxylic acids is 2. The summed E-state index contributed by atoms with van der Waals surface area (Å²) in [6.45, 7) is 0. The summed E-state index contributed by atoms with van der Waals surface area (Å²) < 4.78 is 38.0. The van der Waals surface area contributed by atoms with Gasteiger partial charge < -0.3 is 30.9 Å². The lowest BCUT2D eigenvalue weighted by Gasteiger charge is -2.36. The molecule has 0 bridgehead atoms. The number of hydrogen-bond acceptors (Lipinski definition) is 8. The van der Waals surface area contributed by atoms with E-state index >= 15 is 8.78 Å². The van der Waals surface area contributed by atoms with E-state index in [1.807, 2.05) is 0 Å². The number of aliphatic hydroxyl groups excluding tert-OH is 1. The molecule has 1 aromatic heterocycles. The molecule has 1 fully saturated rings. The van der Waals surface area contributed by atoms with Gasteiger partial charge in [0, 0.05) is 11.8 Å². The number of aromatic nitrogens is 2. The molecule has 3 aromatic rings. The quantitative estimate of drug-likeness (QED) is 0.329. The van der Waals surface area contributed by atoms with E-state index in [1.54, 1.807) is 0 Å². The van der Waals surface area contributed by atoms with Crippen molar-refractivity contribution in [2.75, 3.05) is 5.73 Å². The molecule has 0 saturated carbocycles. The first kappa shape index (κ1) is 24.9. The van der Waals surface area contributed by atoms with Gasteiger partial charge in [-0.1, -0.05) is 36.4 Å². The highest BCUT2D eigenvalue weighted by molar-refractivity contribution is 5.90. The standard InChI is InChI=1S/C23H19F2N3O8/c24-23(25)20(28-10-9-15(26)27-21(28)34)36-17(16(29)11-5-1-2-6-12(11)18(30)31)22(23,35)14-8-4-3-7-13(14)19(32)33/h1-10,16-17,20,29,35H,(H,30,31)(H,32,33)(H2,26,27,34)/t16-,17+,20+,22+/m0/s1. The number of carboxylic acids is 2. The molecule has 6 N–H and O–H groups in total. The van der Waals surface area contributed by atoms with Crippen molar-refractivity contribution in [3.63, 3.8) is 0 Å². The van der Waals surface area contributed by atoms with Crippen LogP contribution in [0.4, 0.5) is 14.6 Å². The van der Waals surface area contributed by atoms with Crippen molar-refractivity contribution in [1.82, 2.24) is 9.55 Å². The van der Waals surface area contributed by atoms with Crippen LogP contribution in [-0.2, 0) is 10.3 Å². The summed E-state index contributed by atoms with van der Waals surface area (Å²) in [7, 11) is 0. The maximum absolute atomic E-state index is 16.1. The molecule has 0 unspecified atom stereocenters. The molecule has 0 radical (unpaired) electrons. The number of hydrogen-bond donors (Lipinski definition) is 5. The Balaban J connectivity index is 1.99. The molecule has 188 valence electrons. The van der Waals surface area contributed by atoms with Crippen LogP contribution < -0.4 is 11.4 Å². The fourth-order valence-corrected chi connectivity index (χ4v) is 4.30. The summed E-state index contributed by atoms with van der Waals surface area (Å²) in [5.74, 6) is -7.90. The van der Waals surface area contributed by atoms with Crippen molar-refractivity contribution in [3.05, 3.63) is 93.5 Å². The van der Waals surface area contributed by atoms with E-state index in [0.29, 0.717) is 4.57 Å². The number of ether oxygens (including phenoxy) is 1. The first-order valence-electron chi connectivity index (χ1n) is 10.3. The van der Waals surface area contributed by atoms with Crippen molar-refractivity contribution >= 4 is 17.8 Å². The fraction of sp³-hybridized carbons (Fsp3) is 0.217. The Labute approximate surface area is 200 Å². The Morgan fingerprint density at radius 1 is 1.03 bits per heavy atom. The number of anilines is 1. The van der Waals surface area contributed by atoms with E-state index in [0.717, 1.165) is 36.5 Å². The average molecular weight is 503 g/mol. The Kier molecular flexibility index (Phi) is 6.08. The molecule has 36 heavy (non-hydrogen) atoms. The highest BCUT2D eigenvalue weighted by atomic mass is 19.3. The molecule has 2 aromatic carbocycles. The van der Waals surface area contributed by atoms with Crippen LogP contribution in [0.5, 0.6) is 0 Å². The van der Waals surface area contributed by atoms with Gasteiger partial charge in [-0.05, 0) is 23.8 Å². The number of nitrogen functional groups attached to an aromatic ring is 1. The van der Waals surface area contributed by atoms with E-state index in [-0.39, 0.29) is 11.4 Å². The summed E-state index contributed by atoms with van der Waals surface area (Å²) in [6.07, 6.45) is -6.30. The van der Waals surface area contributed by atoms with Crippen LogP contribution in [0.25, 0.3) is 0 Å². The van der Waals surface area contributed by atoms with Crippen LogP contribution >= 0.6 is 0 Å². The number of rotatable bonds is 6. The van der Waals surface area contributed by atoms with Gasteiger partial charge in [-0.2, -0.15) is 13.8 Å². The van der Waals surface area contributed by atoms with Gasteiger partial charge in [0.25, 0.3) is 0 Å². The number of nitrogens with zero attached hydrogens (tertiary/aromatic N) is 2. The highest BCUT2D eigenvalue weighted by Crippen LogP contribution is 2.57. The number of aliphatic hydroxyl groups is 2. The summed E-state index contributed by atoms with van der Waals surface area (Å²) in [6, 6.07) is 10.2. The molecule has 2 heterocycles. The van der Waals surface area contributed by atoms with Gasteiger partial charge in [0.05, 0.1) is 11.1 Å². The smallest absolute Gasteiger partial charge is 0.351 e. The van der Waals surface area contributed by atoms with Crippen LogP contribution in [-0.4, -0.2) is 53.9 Å². The molecule has 0 spiro atoms. The zero-order valence-electron chi connectivity index (χ0n) is 18.2. The molecular formula is C23H19F2N3O8. The molecule has 4 atom stereocenters. The average Bonchev–Trinajstić information content (AvgIpc) is 3.05. The van der Waals surface area contributed by atoms with E-state index in [9.17, 15) is 34.8 Å². The summed E-state index contributed by atoms with van der Waals surface area (Å²) in [5, 5.41) is 41.9. The van der Waals surface area contributed by atoms with Crippen molar-refractivity contribution in [1.29, 1.82) is 0 Å². The van der Waals surface area contributed by atoms with Crippen LogP contribution in [0.15, 0.2) is 65.6 Å². The van der Waals surface area contributed by atoms with Crippen molar-refractivity contribution in [2.45, 2.75) is 30.0 Å². The van der Waals surface area contributed by atoms with E-state index in [2.05, 4.69) is 4.98 Å². The van der Waals surface area contributed by atoms with Crippen LogP contribution in [0.1, 0.15) is 44.2 Å². The topological polar surface area (TPSA) is 185 Å². The number of carboxylic acid groups (broad SMARTS) is 2. The van der Waals surface area contributed by atoms with Gasteiger partial charge >= 0.3 is 23.6 Å². The Bertz CT molecular complexity index is 1410. The van der Waals surface area contributed by atoms with Gasteiger partial charge in [0.2, 0.25) is 6.23 Å². The third-order valence-corrected chi connectivity index (χ3v) is 5.97. The SMILES string of the molecule is Nc1ccn([C@@H]2O[C@H]([C@@H](O)c3ccccc3C(=O)O)[C@](O)(c3ccccc3C(=O)O)C2(F)F)c(=O)n1. The lowest BCUT2D eigenvalue weighted by Crippen LogP contribution is -2.53. The van der Waals surface area contributed by atoms with Crippen LogP contribution in [0, 0.1) is 0 Å². The number of alkyl halides is 2. The number of halogens is 2. The predicted octanol–water partition coefficient (Wildman–Crippen LogP) is 1.38. The van der Waals surface area contributed by atoms with Gasteiger partial charge in [-0.25, -0.2) is 14.4 Å². The highest BCUT2D eigenvalue weighted by Gasteiger charge is 2.73. The Morgan fingerprint density at radius 2 is 1.61 bits per heavy atom. The van der Waals surface area contributed by atoms with Gasteiger partial charge in [-0.15, -0.1) is 0 Å². The molecule has 1 aliphatic heterocycles. The molecule has 1 saturated heterocycles. The Morgan fingerprint density at radius 3 is 2.22 bits per heavy atom. The summed E-state index contributed by atoms with van der Waals surface area (Å²) in [4.78, 5) is 39.3.